The average Bonchev–Trinajstić information content (AvgIpc) is 3.57. The fourth-order valence-electron chi connectivity index (χ4n) is 3.88. The van der Waals surface area contributed by atoms with Crippen LogP contribution >= 0.6 is 11.3 Å². The van der Waals surface area contributed by atoms with Gasteiger partial charge in [0.2, 0.25) is 10.0 Å². The van der Waals surface area contributed by atoms with Crippen LogP contribution in [0, 0.1) is 13.8 Å². The Balaban J connectivity index is 1.65. The van der Waals surface area contributed by atoms with E-state index in [4.69, 9.17) is 18.9 Å². The lowest BCUT2D eigenvalue weighted by Crippen LogP contribution is -2.36. The summed E-state index contributed by atoms with van der Waals surface area (Å²) in [7, 11) is -0.769. The van der Waals surface area contributed by atoms with Crippen molar-refractivity contribution in [1.29, 1.82) is 0 Å². The summed E-state index contributed by atoms with van der Waals surface area (Å²) < 4.78 is 44.4. The second-order valence-electron chi connectivity index (χ2n) is 8.79. The quantitative estimate of drug-likeness (QED) is 0.250. The van der Waals surface area contributed by atoms with Crippen molar-refractivity contribution in [3.05, 3.63) is 77.2 Å². The van der Waals surface area contributed by atoms with Crippen molar-refractivity contribution in [2.75, 3.05) is 45.4 Å². The summed E-state index contributed by atoms with van der Waals surface area (Å²) in [5, 5.41) is 0.536. The Bertz CT molecular complexity index is 1430. The molecule has 38 heavy (non-hydrogen) atoms. The molecule has 0 saturated heterocycles. The second-order valence-corrected chi connectivity index (χ2v) is 11.7. The zero-order chi connectivity index (χ0) is 27.3. The highest BCUT2D eigenvalue weighted by atomic mass is 32.2. The van der Waals surface area contributed by atoms with Gasteiger partial charge in [0.25, 0.3) is 5.91 Å². The van der Waals surface area contributed by atoms with Crippen molar-refractivity contribution in [3.63, 3.8) is 0 Å². The maximum absolute atomic E-state index is 13.7. The minimum absolute atomic E-state index is 0.0878. The number of rotatable bonds is 12. The lowest BCUT2D eigenvalue weighted by Gasteiger charge is -2.22. The van der Waals surface area contributed by atoms with Gasteiger partial charge in [-0.3, -0.25) is 9.69 Å². The van der Waals surface area contributed by atoms with Crippen LogP contribution in [0.2, 0.25) is 0 Å². The minimum Gasteiger partial charge on any atom is -0.467 e. The van der Waals surface area contributed by atoms with E-state index in [-0.39, 0.29) is 43.7 Å². The van der Waals surface area contributed by atoms with Gasteiger partial charge in [-0.25, -0.2) is 13.4 Å². The monoisotopic (exact) mass is 557 g/mol. The Morgan fingerprint density at radius 1 is 1.00 bits per heavy atom. The Labute approximate surface area is 226 Å². The molecule has 1 amide bonds. The van der Waals surface area contributed by atoms with Crippen LogP contribution in [0.1, 0.15) is 27.2 Å². The Kier molecular flexibility index (Phi) is 8.95. The van der Waals surface area contributed by atoms with Gasteiger partial charge in [-0.1, -0.05) is 11.3 Å². The van der Waals surface area contributed by atoms with Crippen LogP contribution in [-0.2, 0) is 26.0 Å². The first kappa shape index (κ1) is 27.9. The number of hydrogen-bond acceptors (Lipinski definition) is 8. The first-order chi connectivity index (χ1) is 18.2. The fourth-order valence-corrected chi connectivity index (χ4v) is 6.33. The maximum Gasteiger partial charge on any atom is 0.260 e. The van der Waals surface area contributed by atoms with Crippen LogP contribution in [0.25, 0.3) is 10.2 Å². The molecule has 9 nitrogen and oxygen atoms in total. The third-order valence-electron chi connectivity index (χ3n) is 6.19. The third-order valence-corrected chi connectivity index (χ3v) is 9.15. The molecule has 4 rings (SSSR count). The SMILES string of the molecule is COCCN(CCOC)S(=O)(=O)c1ccc(C(=O)N(Cc2ccco2)c2nc3cc(C)c(C)cc3s2)cc1. The number of ether oxygens (including phenoxy) is 2. The lowest BCUT2D eigenvalue weighted by molar-refractivity contribution is 0.0983. The zero-order valence-corrected chi connectivity index (χ0v) is 23.5. The average molecular weight is 558 g/mol. The van der Waals surface area contributed by atoms with Crippen LogP contribution in [0.15, 0.2) is 64.1 Å². The van der Waals surface area contributed by atoms with Gasteiger partial charge in [0.15, 0.2) is 5.13 Å². The van der Waals surface area contributed by atoms with Gasteiger partial charge in [-0.15, -0.1) is 0 Å². The standard InChI is InChI=1S/C27H31N3O6S2/c1-19-16-24-25(17-20(19)2)37-27(28-24)30(18-22-6-5-13-36-22)26(31)21-7-9-23(10-8-21)38(32,33)29(11-14-34-3)12-15-35-4/h5-10,13,16-17H,11-12,14-15,18H2,1-4H3. The molecule has 0 atom stereocenters. The van der Waals surface area contributed by atoms with E-state index < -0.39 is 10.0 Å². The number of carbonyl (C=O) groups is 1. The molecule has 0 N–H and O–H groups in total. The highest BCUT2D eigenvalue weighted by Gasteiger charge is 2.26. The molecular weight excluding hydrogens is 526 g/mol. The van der Waals surface area contributed by atoms with Gasteiger partial charge in [0, 0.05) is 32.9 Å². The number of benzene rings is 2. The first-order valence-electron chi connectivity index (χ1n) is 12.0. The molecule has 0 saturated carbocycles. The lowest BCUT2D eigenvalue weighted by atomic mass is 10.1. The van der Waals surface area contributed by atoms with Crippen molar-refractivity contribution < 1.29 is 27.1 Å². The number of sulfonamides is 1. The molecule has 11 heteroatoms. The van der Waals surface area contributed by atoms with E-state index in [9.17, 15) is 13.2 Å². The summed E-state index contributed by atoms with van der Waals surface area (Å²) in [6.07, 6.45) is 1.56. The summed E-state index contributed by atoms with van der Waals surface area (Å²) in [6, 6.07) is 13.6. The van der Waals surface area contributed by atoms with Crippen LogP contribution in [-0.4, -0.2) is 64.1 Å². The molecular formula is C27H31N3O6S2. The topological polar surface area (TPSA) is 102 Å². The molecule has 2 aromatic heterocycles. The summed E-state index contributed by atoms with van der Waals surface area (Å²) in [6.45, 7) is 5.14. The van der Waals surface area contributed by atoms with Crippen LogP contribution in [0.5, 0.6) is 0 Å². The van der Waals surface area contributed by atoms with Gasteiger partial charge in [-0.2, -0.15) is 4.31 Å². The van der Waals surface area contributed by atoms with Gasteiger partial charge >= 0.3 is 0 Å². The number of fused-ring (bicyclic) bond motifs is 1. The third kappa shape index (κ3) is 6.13. The Morgan fingerprint density at radius 2 is 1.66 bits per heavy atom. The normalized spacial score (nSPS) is 11.9. The van der Waals surface area contributed by atoms with Gasteiger partial charge in [0.1, 0.15) is 5.76 Å². The number of aryl methyl sites for hydroxylation is 2. The molecule has 4 aromatic rings. The number of anilines is 1. The number of nitrogens with zero attached hydrogens (tertiary/aromatic N) is 3. The predicted octanol–water partition coefficient (Wildman–Crippen LogP) is 4.64. The van der Waals surface area contributed by atoms with Crippen molar-refractivity contribution in [3.8, 4) is 0 Å². The van der Waals surface area contributed by atoms with Crippen LogP contribution < -0.4 is 4.90 Å². The van der Waals surface area contributed by atoms with E-state index in [0.717, 1.165) is 21.3 Å². The van der Waals surface area contributed by atoms with Gasteiger partial charge in [-0.05, 0) is 73.5 Å². The van der Waals surface area contributed by atoms with Crippen LogP contribution in [0.4, 0.5) is 5.13 Å². The first-order valence-corrected chi connectivity index (χ1v) is 14.3. The zero-order valence-electron chi connectivity index (χ0n) is 21.8. The van der Waals surface area contributed by atoms with E-state index in [0.29, 0.717) is 16.5 Å². The molecule has 0 unspecified atom stereocenters. The second kappa shape index (κ2) is 12.2. The van der Waals surface area contributed by atoms with Crippen molar-refractivity contribution in [2.24, 2.45) is 0 Å². The molecule has 0 aliphatic rings. The fraction of sp³-hybridized carbons (Fsp3) is 0.333. The van der Waals surface area contributed by atoms with Crippen molar-refractivity contribution in [2.45, 2.75) is 25.3 Å². The number of methoxy groups -OCH3 is 2. The van der Waals surface area contributed by atoms with E-state index in [1.165, 1.54) is 54.1 Å². The molecule has 0 aliphatic carbocycles. The summed E-state index contributed by atoms with van der Waals surface area (Å²) in [4.78, 5) is 20.1. The van der Waals surface area contributed by atoms with Gasteiger partial charge in [0.05, 0.1) is 41.1 Å². The largest absolute Gasteiger partial charge is 0.467 e. The summed E-state index contributed by atoms with van der Waals surface area (Å²) >= 11 is 1.43. The van der Waals surface area contributed by atoms with E-state index in [1.807, 2.05) is 19.9 Å². The molecule has 2 heterocycles. The summed E-state index contributed by atoms with van der Waals surface area (Å²) in [5.41, 5.74) is 3.43. The predicted molar refractivity (Wildman–Crippen MR) is 147 cm³/mol. The van der Waals surface area contributed by atoms with Crippen molar-refractivity contribution >= 4 is 42.6 Å². The molecule has 2 aromatic carbocycles. The number of amides is 1. The highest BCUT2D eigenvalue weighted by Crippen LogP contribution is 2.32. The molecule has 0 fully saturated rings. The van der Waals surface area contributed by atoms with Crippen LogP contribution in [0.3, 0.4) is 0 Å². The van der Waals surface area contributed by atoms with E-state index in [1.54, 1.807) is 23.3 Å². The highest BCUT2D eigenvalue weighted by molar-refractivity contribution is 7.89. The summed E-state index contributed by atoms with van der Waals surface area (Å²) in [5.74, 6) is 0.296. The number of hydrogen-bond donors (Lipinski definition) is 0. The van der Waals surface area contributed by atoms with Crippen molar-refractivity contribution in [1.82, 2.24) is 9.29 Å². The molecule has 0 bridgehead atoms. The van der Waals surface area contributed by atoms with Gasteiger partial charge < -0.3 is 13.9 Å². The molecule has 0 aliphatic heterocycles. The molecule has 202 valence electrons. The van der Waals surface area contributed by atoms with E-state index >= 15 is 0 Å². The number of aromatic nitrogens is 1. The molecule has 0 radical (unpaired) electrons. The Morgan fingerprint density at radius 3 is 2.26 bits per heavy atom. The number of carbonyl (C=O) groups excluding carboxylic acids is 1. The van der Waals surface area contributed by atoms with E-state index in [2.05, 4.69) is 6.07 Å². The number of thiazole rings is 1. The maximum atomic E-state index is 13.7. The molecule has 0 spiro atoms. The minimum atomic E-state index is -3.80. The number of furan rings is 1. The smallest absolute Gasteiger partial charge is 0.260 e. The Hall–Kier alpha value is -3.09.